The summed E-state index contributed by atoms with van der Waals surface area (Å²) in [6, 6.07) is 8.73. The van der Waals surface area contributed by atoms with E-state index in [0.717, 1.165) is 17.7 Å². The van der Waals surface area contributed by atoms with Crippen molar-refractivity contribution in [3.05, 3.63) is 48.5 Å². The molecule has 1 saturated heterocycles. The summed E-state index contributed by atoms with van der Waals surface area (Å²) in [4.78, 5) is 16.8. The van der Waals surface area contributed by atoms with Crippen LogP contribution < -0.4 is 10.6 Å². The van der Waals surface area contributed by atoms with Crippen LogP contribution in [0.15, 0.2) is 43.0 Å². The Balaban J connectivity index is 1.41. The highest BCUT2D eigenvalue weighted by Crippen LogP contribution is 2.33. The summed E-state index contributed by atoms with van der Waals surface area (Å²) in [5.74, 6) is 0.819. The van der Waals surface area contributed by atoms with E-state index in [4.69, 9.17) is 0 Å². The number of aromatic nitrogens is 2. The first-order valence-electron chi connectivity index (χ1n) is 9.35. The van der Waals surface area contributed by atoms with Gasteiger partial charge in [0.2, 0.25) is 5.91 Å². The van der Waals surface area contributed by atoms with Crippen molar-refractivity contribution in [1.82, 2.24) is 20.2 Å². The van der Waals surface area contributed by atoms with Crippen molar-refractivity contribution >= 4 is 5.91 Å². The van der Waals surface area contributed by atoms with Gasteiger partial charge in [-0.05, 0) is 49.8 Å². The Morgan fingerprint density at radius 1 is 1.36 bits per heavy atom. The van der Waals surface area contributed by atoms with Crippen molar-refractivity contribution in [2.75, 3.05) is 0 Å². The summed E-state index contributed by atoms with van der Waals surface area (Å²) in [6.45, 7) is 2.05. The highest BCUT2D eigenvalue weighted by molar-refractivity contribution is 5.82. The molecule has 0 spiro atoms. The Hall–Kier alpha value is -2.14. The van der Waals surface area contributed by atoms with E-state index in [1.54, 1.807) is 12.5 Å². The molecule has 5 nitrogen and oxygen atoms in total. The Morgan fingerprint density at radius 3 is 3.04 bits per heavy atom. The van der Waals surface area contributed by atoms with E-state index in [1.165, 1.54) is 25.7 Å². The maximum Gasteiger partial charge on any atom is 0.237 e. The monoisotopic (exact) mass is 338 g/mol. The van der Waals surface area contributed by atoms with Crippen molar-refractivity contribution in [2.45, 2.75) is 57.2 Å². The van der Waals surface area contributed by atoms with Crippen molar-refractivity contribution in [1.29, 1.82) is 0 Å². The SMILES string of the molecule is CC(NC(=O)C1CC2CCCCC2N1)c1cccc(-n2ccnc2)c1. The smallest absolute Gasteiger partial charge is 0.237 e. The fraction of sp³-hybridized carbons (Fsp3) is 0.500. The average Bonchev–Trinajstić information content (AvgIpc) is 3.31. The van der Waals surface area contributed by atoms with Crippen molar-refractivity contribution in [3.63, 3.8) is 0 Å². The minimum absolute atomic E-state index is 0.0135. The van der Waals surface area contributed by atoms with Crippen molar-refractivity contribution in [2.24, 2.45) is 5.92 Å². The van der Waals surface area contributed by atoms with E-state index >= 15 is 0 Å². The lowest BCUT2D eigenvalue weighted by atomic mass is 9.85. The van der Waals surface area contributed by atoms with E-state index in [0.29, 0.717) is 12.0 Å². The third-order valence-corrected chi connectivity index (χ3v) is 5.71. The second-order valence-electron chi connectivity index (χ2n) is 7.40. The number of rotatable bonds is 4. The van der Waals surface area contributed by atoms with Crippen LogP contribution in [-0.2, 0) is 4.79 Å². The van der Waals surface area contributed by atoms with Gasteiger partial charge in [0.1, 0.15) is 0 Å². The second kappa shape index (κ2) is 7.00. The molecule has 1 aromatic carbocycles. The van der Waals surface area contributed by atoms with E-state index in [1.807, 2.05) is 29.8 Å². The predicted octanol–water partition coefficient (Wildman–Crippen LogP) is 2.97. The molecular weight excluding hydrogens is 312 g/mol. The summed E-state index contributed by atoms with van der Waals surface area (Å²) in [5, 5.41) is 6.75. The van der Waals surface area contributed by atoms with Gasteiger partial charge in [0.15, 0.2) is 0 Å². The first-order chi connectivity index (χ1) is 12.2. The van der Waals surface area contributed by atoms with Gasteiger partial charge in [0.05, 0.1) is 18.4 Å². The van der Waals surface area contributed by atoms with E-state index < -0.39 is 0 Å². The Morgan fingerprint density at radius 2 is 2.24 bits per heavy atom. The molecule has 0 bridgehead atoms. The molecule has 25 heavy (non-hydrogen) atoms. The topological polar surface area (TPSA) is 59.0 Å². The fourth-order valence-electron chi connectivity index (χ4n) is 4.29. The molecule has 1 aromatic heterocycles. The van der Waals surface area contributed by atoms with Crippen LogP contribution in [0.25, 0.3) is 5.69 Å². The zero-order valence-corrected chi connectivity index (χ0v) is 14.7. The van der Waals surface area contributed by atoms with Crippen LogP contribution >= 0.6 is 0 Å². The van der Waals surface area contributed by atoms with Crippen molar-refractivity contribution < 1.29 is 4.79 Å². The molecule has 1 saturated carbocycles. The molecule has 1 amide bonds. The number of fused-ring (bicyclic) bond motifs is 1. The summed E-state index contributed by atoms with van der Waals surface area (Å²) in [6.07, 6.45) is 11.6. The van der Waals surface area contributed by atoms with Gasteiger partial charge in [-0.25, -0.2) is 4.98 Å². The number of benzene rings is 1. The number of carbonyl (C=O) groups is 1. The minimum Gasteiger partial charge on any atom is -0.348 e. The largest absolute Gasteiger partial charge is 0.348 e. The number of nitrogens with one attached hydrogen (secondary N) is 2. The number of hydrogen-bond acceptors (Lipinski definition) is 3. The molecule has 2 aromatic rings. The summed E-state index contributed by atoms with van der Waals surface area (Å²) >= 11 is 0. The number of hydrogen-bond donors (Lipinski definition) is 2. The normalized spacial score (nSPS) is 26.8. The van der Waals surface area contributed by atoms with Gasteiger partial charge in [0, 0.05) is 24.1 Å². The first-order valence-corrected chi connectivity index (χ1v) is 9.35. The highest BCUT2D eigenvalue weighted by atomic mass is 16.2. The number of imidazole rings is 1. The third-order valence-electron chi connectivity index (χ3n) is 5.71. The Labute approximate surface area is 148 Å². The number of nitrogens with zero attached hydrogens (tertiary/aromatic N) is 2. The predicted molar refractivity (Wildman–Crippen MR) is 97.4 cm³/mol. The Kier molecular flexibility index (Phi) is 4.57. The highest BCUT2D eigenvalue weighted by Gasteiger charge is 2.38. The van der Waals surface area contributed by atoms with Crippen LogP contribution in [0.2, 0.25) is 0 Å². The molecule has 1 aliphatic carbocycles. The van der Waals surface area contributed by atoms with Crippen LogP contribution in [-0.4, -0.2) is 27.5 Å². The molecule has 2 N–H and O–H groups in total. The fourth-order valence-corrected chi connectivity index (χ4v) is 4.29. The van der Waals surface area contributed by atoms with Gasteiger partial charge in [-0.2, -0.15) is 0 Å². The van der Waals surface area contributed by atoms with Gasteiger partial charge in [0.25, 0.3) is 0 Å². The first kappa shape index (κ1) is 16.3. The van der Waals surface area contributed by atoms with Crippen LogP contribution in [0.1, 0.15) is 50.6 Å². The molecule has 4 rings (SSSR count). The molecular formula is C20H26N4O. The van der Waals surface area contributed by atoms with Crippen LogP contribution in [0.4, 0.5) is 0 Å². The van der Waals surface area contributed by atoms with Gasteiger partial charge in [-0.3, -0.25) is 4.79 Å². The molecule has 0 radical (unpaired) electrons. The maximum atomic E-state index is 12.7. The zero-order valence-electron chi connectivity index (χ0n) is 14.7. The molecule has 5 heteroatoms. The number of carbonyl (C=O) groups excluding carboxylic acids is 1. The third kappa shape index (κ3) is 3.47. The molecule has 1 aliphatic heterocycles. The van der Waals surface area contributed by atoms with Gasteiger partial charge in [-0.15, -0.1) is 0 Å². The van der Waals surface area contributed by atoms with Gasteiger partial charge in [-0.1, -0.05) is 25.0 Å². The quantitative estimate of drug-likeness (QED) is 0.901. The molecule has 2 fully saturated rings. The summed E-state index contributed by atoms with van der Waals surface area (Å²) in [7, 11) is 0. The van der Waals surface area contributed by atoms with Gasteiger partial charge < -0.3 is 15.2 Å². The average molecular weight is 338 g/mol. The molecule has 4 unspecified atom stereocenters. The van der Waals surface area contributed by atoms with Crippen LogP contribution in [0.5, 0.6) is 0 Å². The summed E-state index contributed by atoms with van der Waals surface area (Å²) in [5.41, 5.74) is 2.16. The van der Waals surface area contributed by atoms with Crippen molar-refractivity contribution in [3.8, 4) is 5.69 Å². The van der Waals surface area contributed by atoms with Gasteiger partial charge >= 0.3 is 0 Å². The maximum absolute atomic E-state index is 12.7. The molecule has 2 aliphatic rings. The summed E-state index contributed by atoms with van der Waals surface area (Å²) < 4.78 is 1.97. The number of amides is 1. The van der Waals surface area contributed by atoms with Crippen LogP contribution in [0.3, 0.4) is 0 Å². The van der Waals surface area contributed by atoms with E-state index in [-0.39, 0.29) is 18.0 Å². The lowest BCUT2D eigenvalue weighted by Crippen LogP contribution is -2.43. The van der Waals surface area contributed by atoms with Crippen LogP contribution in [0, 0.1) is 5.92 Å². The second-order valence-corrected chi connectivity index (χ2v) is 7.40. The zero-order chi connectivity index (χ0) is 17.2. The Bertz CT molecular complexity index is 713. The molecule has 4 atom stereocenters. The van der Waals surface area contributed by atoms with E-state index in [9.17, 15) is 4.79 Å². The van der Waals surface area contributed by atoms with E-state index in [2.05, 4.69) is 27.8 Å². The minimum atomic E-state index is -0.0348. The molecule has 132 valence electrons. The standard InChI is InChI=1S/C20H26N4O/c1-14(15-6-4-7-17(11-15)24-10-9-21-13-24)22-20(25)19-12-16-5-2-3-8-18(16)23-19/h4,6-7,9-11,13-14,16,18-19,23H,2-3,5,8,12H2,1H3,(H,22,25). The lowest BCUT2D eigenvalue weighted by Gasteiger charge is -2.24. The molecule has 2 heterocycles. The lowest BCUT2D eigenvalue weighted by molar-refractivity contribution is -0.123.